The number of fused-ring (bicyclic) bond motifs is 2. The number of carbonyl (C=O) groups is 4. The highest BCUT2D eigenvalue weighted by molar-refractivity contribution is 6.03. The molecule has 7 unspecified atom stereocenters. The van der Waals surface area contributed by atoms with Crippen LogP contribution in [-0.4, -0.2) is 46.5 Å². The van der Waals surface area contributed by atoms with Crippen LogP contribution < -0.4 is 0 Å². The van der Waals surface area contributed by atoms with Gasteiger partial charge >= 0.3 is 17.9 Å². The summed E-state index contributed by atoms with van der Waals surface area (Å²) >= 11 is 0. The molecule has 7 atom stereocenters. The van der Waals surface area contributed by atoms with E-state index < -0.39 is 47.6 Å². The van der Waals surface area contributed by atoms with Gasteiger partial charge in [-0.1, -0.05) is 33.4 Å². The van der Waals surface area contributed by atoms with E-state index >= 15 is 0 Å². The molecule has 3 aliphatic rings. The molecule has 3 aliphatic carbocycles. The number of ether oxygens (including phenoxy) is 3. The van der Waals surface area contributed by atoms with Crippen molar-refractivity contribution in [3.05, 3.63) is 53.9 Å². The molecule has 1 heterocycles. The Labute approximate surface area is 223 Å². The average Bonchev–Trinajstić information content (AvgIpc) is 3.24. The zero-order valence-corrected chi connectivity index (χ0v) is 23.0. The fraction of sp³-hybridized carbons (Fsp3) is 0.567. The summed E-state index contributed by atoms with van der Waals surface area (Å²) in [5, 5.41) is 0. The minimum atomic E-state index is -1.70. The van der Waals surface area contributed by atoms with Gasteiger partial charge in [0.05, 0.1) is 11.5 Å². The molecule has 0 bridgehead atoms. The summed E-state index contributed by atoms with van der Waals surface area (Å²) < 4.78 is 17.8. The minimum absolute atomic E-state index is 0.0106. The topological polar surface area (TPSA) is 109 Å². The van der Waals surface area contributed by atoms with Crippen molar-refractivity contribution in [3.63, 3.8) is 0 Å². The second kappa shape index (κ2) is 10.1. The Morgan fingerprint density at radius 1 is 1.13 bits per heavy atom. The molecule has 0 spiro atoms. The van der Waals surface area contributed by atoms with Gasteiger partial charge in [0.25, 0.3) is 0 Å². The van der Waals surface area contributed by atoms with Gasteiger partial charge in [-0.3, -0.25) is 19.4 Å². The molecule has 0 aromatic carbocycles. The lowest BCUT2D eigenvalue weighted by molar-refractivity contribution is -0.179. The molecule has 0 radical (unpaired) electrons. The smallest absolute Gasteiger partial charge is 0.339 e. The first kappa shape index (κ1) is 27.7. The molecule has 0 N–H and O–H groups in total. The minimum Gasteiger partial charge on any atom is -0.458 e. The van der Waals surface area contributed by atoms with Gasteiger partial charge in [-0.05, 0) is 66.2 Å². The van der Waals surface area contributed by atoms with Crippen LogP contribution in [-0.2, 0) is 28.6 Å². The number of pyridine rings is 1. The maximum absolute atomic E-state index is 14.3. The molecule has 8 nitrogen and oxygen atoms in total. The van der Waals surface area contributed by atoms with Crippen LogP contribution in [0.25, 0.3) is 0 Å². The summed E-state index contributed by atoms with van der Waals surface area (Å²) in [6.45, 7) is 14.7. The Morgan fingerprint density at radius 2 is 1.84 bits per heavy atom. The maximum Gasteiger partial charge on any atom is 0.339 e. The zero-order chi connectivity index (χ0) is 28.0. The number of hydrogen-bond acceptors (Lipinski definition) is 8. The largest absolute Gasteiger partial charge is 0.458 e. The monoisotopic (exact) mass is 523 g/mol. The first-order valence-corrected chi connectivity index (χ1v) is 13.2. The predicted octanol–water partition coefficient (Wildman–Crippen LogP) is 4.63. The van der Waals surface area contributed by atoms with Crippen LogP contribution in [0.1, 0.15) is 71.2 Å². The van der Waals surface area contributed by atoms with Crippen LogP contribution in [0, 0.1) is 29.1 Å². The summed E-state index contributed by atoms with van der Waals surface area (Å²) in [7, 11) is 0. The van der Waals surface area contributed by atoms with Crippen LogP contribution in [0.5, 0.6) is 0 Å². The Kier molecular flexibility index (Phi) is 7.38. The van der Waals surface area contributed by atoms with E-state index in [2.05, 4.69) is 25.4 Å². The summed E-state index contributed by atoms with van der Waals surface area (Å²) in [6.07, 6.45) is 4.49. The van der Waals surface area contributed by atoms with Crippen molar-refractivity contribution >= 4 is 23.7 Å². The van der Waals surface area contributed by atoms with Gasteiger partial charge in [0.1, 0.15) is 12.2 Å². The molecule has 204 valence electrons. The van der Waals surface area contributed by atoms with Crippen molar-refractivity contribution in [2.24, 2.45) is 29.1 Å². The molecule has 1 aromatic rings. The third kappa shape index (κ3) is 4.93. The Morgan fingerprint density at radius 3 is 2.45 bits per heavy atom. The highest BCUT2D eigenvalue weighted by Gasteiger charge is 2.65. The lowest BCUT2D eigenvalue weighted by Crippen LogP contribution is -2.55. The van der Waals surface area contributed by atoms with E-state index in [1.807, 2.05) is 13.0 Å². The lowest BCUT2D eigenvalue weighted by atomic mass is 9.76. The quantitative estimate of drug-likeness (QED) is 0.319. The van der Waals surface area contributed by atoms with E-state index in [1.165, 1.54) is 20.0 Å². The molecular formula is C30H37NO7. The van der Waals surface area contributed by atoms with Crippen molar-refractivity contribution in [2.75, 3.05) is 0 Å². The van der Waals surface area contributed by atoms with E-state index in [4.69, 9.17) is 14.2 Å². The standard InChI is InChI=1S/C30H37NO7/c1-16-10-11-22-23(29(22,6)7)13-17(2)27(34)30(38-20(5)33)14-18(3)26(24(30)25(16)36-19(4)32)37-28(35)21-9-8-12-31-15-21/h8-9,12-13,15,18,22-26H,1,10-11,14H2,2-7H3. The highest BCUT2D eigenvalue weighted by atomic mass is 16.6. The van der Waals surface area contributed by atoms with E-state index in [1.54, 1.807) is 25.3 Å². The van der Waals surface area contributed by atoms with Crippen LogP contribution in [0.2, 0.25) is 0 Å². The third-order valence-electron chi connectivity index (χ3n) is 8.65. The maximum atomic E-state index is 14.3. The Hall–Kier alpha value is -3.29. The zero-order valence-electron chi connectivity index (χ0n) is 23.0. The van der Waals surface area contributed by atoms with Gasteiger partial charge < -0.3 is 14.2 Å². The summed E-state index contributed by atoms with van der Waals surface area (Å²) in [4.78, 5) is 56.3. The number of esters is 3. The number of Topliss-reactive ketones (excluding diaryl/α,β-unsaturated/α-hetero) is 1. The third-order valence-corrected chi connectivity index (χ3v) is 8.65. The second-order valence-corrected chi connectivity index (χ2v) is 11.7. The predicted molar refractivity (Wildman–Crippen MR) is 139 cm³/mol. The van der Waals surface area contributed by atoms with Crippen molar-refractivity contribution < 1.29 is 33.4 Å². The van der Waals surface area contributed by atoms with Gasteiger partial charge in [-0.15, -0.1) is 0 Å². The van der Waals surface area contributed by atoms with Gasteiger partial charge in [0.15, 0.2) is 5.60 Å². The number of nitrogens with zero attached hydrogens (tertiary/aromatic N) is 1. The number of allylic oxidation sites excluding steroid dienone is 1. The van der Waals surface area contributed by atoms with E-state index in [0.717, 1.165) is 6.42 Å². The molecule has 2 fully saturated rings. The van der Waals surface area contributed by atoms with Crippen molar-refractivity contribution in [1.82, 2.24) is 4.98 Å². The van der Waals surface area contributed by atoms with Crippen molar-refractivity contribution in [1.29, 1.82) is 0 Å². The molecule has 0 saturated heterocycles. The molecule has 0 aliphatic heterocycles. The molecule has 8 heteroatoms. The summed E-state index contributed by atoms with van der Waals surface area (Å²) in [5.74, 6) is -3.04. The first-order valence-electron chi connectivity index (χ1n) is 13.2. The lowest BCUT2D eigenvalue weighted by Gasteiger charge is -2.39. The van der Waals surface area contributed by atoms with Crippen LogP contribution >= 0.6 is 0 Å². The van der Waals surface area contributed by atoms with Crippen molar-refractivity contribution in [2.45, 2.75) is 78.6 Å². The first-order chi connectivity index (χ1) is 17.8. The van der Waals surface area contributed by atoms with Crippen LogP contribution in [0.4, 0.5) is 0 Å². The molecule has 0 amide bonds. The van der Waals surface area contributed by atoms with Crippen LogP contribution in [0.15, 0.2) is 48.3 Å². The SMILES string of the molecule is C=C1CCC2C(C=C(C)C(=O)C3(OC(C)=O)CC(C)C(OC(=O)c4cccnc4)C3C1OC(C)=O)C2(C)C. The highest BCUT2D eigenvalue weighted by Crippen LogP contribution is 2.62. The van der Waals surface area contributed by atoms with Gasteiger partial charge in [-0.2, -0.15) is 0 Å². The fourth-order valence-electron chi connectivity index (χ4n) is 6.71. The number of hydrogen-bond donors (Lipinski definition) is 0. The fourth-order valence-corrected chi connectivity index (χ4v) is 6.71. The van der Waals surface area contributed by atoms with Gasteiger partial charge in [-0.25, -0.2) is 4.79 Å². The second-order valence-electron chi connectivity index (χ2n) is 11.7. The number of carbonyl (C=O) groups excluding carboxylic acids is 4. The van der Waals surface area contributed by atoms with Crippen LogP contribution in [0.3, 0.4) is 0 Å². The number of ketones is 1. The summed E-state index contributed by atoms with van der Waals surface area (Å²) in [5.41, 5.74) is -0.358. The number of aromatic nitrogens is 1. The van der Waals surface area contributed by atoms with E-state index in [0.29, 0.717) is 23.5 Å². The molecule has 4 rings (SSSR count). The Balaban J connectivity index is 1.87. The molecular weight excluding hydrogens is 486 g/mol. The van der Waals surface area contributed by atoms with Gasteiger partial charge in [0.2, 0.25) is 5.78 Å². The summed E-state index contributed by atoms with van der Waals surface area (Å²) in [6, 6.07) is 3.21. The van der Waals surface area contributed by atoms with E-state index in [-0.39, 0.29) is 29.1 Å². The molecule has 38 heavy (non-hydrogen) atoms. The van der Waals surface area contributed by atoms with Gasteiger partial charge in [0, 0.05) is 32.7 Å². The normalized spacial score (nSPS) is 34.1. The Bertz CT molecular complexity index is 1190. The number of rotatable bonds is 4. The molecule has 1 aromatic heterocycles. The average molecular weight is 524 g/mol. The van der Waals surface area contributed by atoms with E-state index in [9.17, 15) is 19.2 Å². The van der Waals surface area contributed by atoms with Crippen molar-refractivity contribution in [3.8, 4) is 0 Å². The molecule has 2 saturated carbocycles.